The van der Waals surface area contributed by atoms with Gasteiger partial charge in [-0.15, -0.1) is 6.42 Å². The number of terminal acetylenes is 1. The molecule has 3 rings (SSSR count). The van der Waals surface area contributed by atoms with Crippen molar-refractivity contribution in [2.24, 2.45) is 0 Å². The van der Waals surface area contributed by atoms with E-state index >= 15 is 0 Å². The van der Waals surface area contributed by atoms with E-state index in [2.05, 4.69) is 21.2 Å². The van der Waals surface area contributed by atoms with Crippen molar-refractivity contribution in [2.45, 2.75) is 17.5 Å². The summed E-state index contributed by atoms with van der Waals surface area (Å²) in [6.45, 7) is 0. The number of aromatic nitrogens is 2. The first-order valence-corrected chi connectivity index (χ1v) is 8.20. The molecule has 0 saturated heterocycles. The van der Waals surface area contributed by atoms with Crippen LogP contribution in [0.1, 0.15) is 23.5 Å². The molecule has 116 valence electrons. The Balaban J connectivity index is 2.09. The SMILES string of the molecule is C#CCSc1nc2c(c(=O)[nH]1)[C@@H](c1cccc(Cl)c1)CC(=O)N2. The zero-order valence-electron chi connectivity index (χ0n) is 11.9. The summed E-state index contributed by atoms with van der Waals surface area (Å²) in [7, 11) is 0. The zero-order valence-corrected chi connectivity index (χ0v) is 13.5. The molecule has 0 spiro atoms. The molecule has 1 amide bonds. The summed E-state index contributed by atoms with van der Waals surface area (Å²) >= 11 is 7.26. The van der Waals surface area contributed by atoms with Crippen molar-refractivity contribution in [3.8, 4) is 12.3 Å². The van der Waals surface area contributed by atoms with E-state index < -0.39 is 0 Å². The Labute approximate surface area is 141 Å². The van der Waals surface area contributed by atoms with Crippen LogP contribution in [0.3, 0.4) is 0 Å². The van der Waals surface area contributed by atoms with E-state index in [1.807, 2.05) is 6.07 Å². The Bertz CT molecular complexity index is 872. The van der Waals surface area contributed by atoms with Crippen LogP contribution in [-0.2, 0) is 4.79 Å². The minimum Gasteiger partial charge on any atom is -0.310 e. The van der Waals surface area contributed by atoms with Crippen LogP contribution in [-0.4, -0.2) is 21.6 Å². The minimum atomic E-state index is -0.375. The highest BCUT2D eigenvalue weighted by molar-refractivity contribution is 7.99. The van der Waals surface area contributed by atoms with Gasteiger partial charge in [0.2, 0.25) is 5.91 Å². The number of benzene rings is 1. The summed E-state index contributed by atoms with van der Waals surface area (Å²) in [4.78, 5) is 31.5. The molecule has 1 aliphatic heterocycles. The number of H-pyrrole nitrogens is 1. The van der Waals surface area contributed by atoms with E-state index in [0.717, 1.165) is 5.56 Å². The third kappa shape index (κ3) is 3.26. The molecule has 2 heterocycles. The zero-order chi connectivity index (χ0) is 16.4. The molecule has 2 aromatic rings. The van der Waals surface area contributed by atoms with E-state index in [4.69, 9.17) is 18.0 Å². The second kappa shape index (κ2) is 6.49. The van der Waals surface area contributed by atoms with E-state index in [1.54, 1.807) is 18.2 Å². The molecule has 1 aliphatic rings. The summed E-state index contributed by atoms with van der Waals surface area (Å²) in [5, 5.41) is 3.61. The highest BCUT2D eigenvalue weighted by Crippen LogP contribution is 2.35. The van der Waals surface area contributed by atoms with Gasteiger partial charge in [0.15, 0.2) is 5.16 Å². The van der Waals surface area contributed by atoms with Crippen LogP contribution in [0.5, 0.6) is 0 Å². The molecule has 1 aromatic heterocycles. The van der Waals surface area contributed by atoms with Gasteiger partial charge in [-0.3, -0.25) is 9.59 Å². The first-order valence-electron chi connectivity index (χ1n) is 6.84. The number of hydrogen-bond donors (Lipinski definition) is 2. The molecule has 0 fully saturated rings. The lowest BCUT2D eigenvalue weighted by Gasteiger charge is -2.24. The summed E-state index contributed by atoms with van der Waals surface area (Å²) in [6.07, 6.45) is 5.39. The number of nitrogens with zero attached hydrogens (tertiary/aromatic N) is 1. The smallest absolute Gasteiger partial charge is 0.257 e. The van der Waals surface area contributed by atoms with Gasteiger partial charge in [0.1, 0.15) is 5.82 Å². The molecule has 2 N–H and O–H groups in total. The third-order valence-electron chi connectivity index (χ3n) is 3.47. The van der Waals surface area contributed by atoms with Crippen LogP contribution in [0.4, 0.5) is 5.82 Å². The number of aromatic amines is 1. The van der Waals surface area contributed by atoms with Gasteiger partial charge in [-0.2, -0.15) is 0 Å². The van der Waals surface area contributed by atoms with Crippen LogP contribution >= 0.6 is 23.4 Å². The van der Waals surface area contributed by atoms with Crippen LogP contribution in [0.2, 0.25) is 5.02 Å². The molecular weight excluding hydrogens is 334 g/mol. The first-order chi connectivity index (χ1) is 11.1. The van der Waals surface area contributed by atoms with E-state index in [9.17, 15) is 9.59 Å². The average molecular weight is 346 g/mol. The Hall–Kier alpha value is -2.23. The largest absolute Gasteiger partial charge is 0.310 e. The fourth-order valence-electron chi connectivity index (χ4n) is 2.54. The van der Waals surface area contributed by atoms with Crippen molar-refractivity contribution in [3.63, 3.8) is 0 Å². The Morgan fingerprint density at radius 1 is 1.43 bits per heavy atom. The summed E-state index contributed by atoms with van der Waals surface area (Å²) in [5.74, 6) is 2.57. The number of carbonyl (C=O) groups excluding carboxylic acids is 1. The predicted molar refractivity (Wildman–Crippen MR) is 91.0 cm³/mol. The predicted octanol–water partition coefficient (Wildman–Crippen LogP) is 2.62. The number of rotatable bonds is 3. The maximum Gasteiger partial charge on any atom is 0.257 e. The molecule has 0 unspecified atom stereocenters. The fraction of sp³-hybridized carbons (Fsp3) is 0.188. The lowest BCUT2D eigenvalue weighted by Crippen LogP contribution is -2.31. The van der Waals surface area contributed by atoms with E-state index in [-0.39, 0.29) is 29.6 Å². The standard InChI is InChI=1S/C16H12ClN3O2S/c1-2-6-23-16-19-14-13(15(22)20-16)11(8-12(21)18-14)9-4-3-5-10(17)7-9/h1,3-5,7,11H,6,8H2,(H2,18,19,20,21,22)/t11-/m1/s1. The molecule has 0 bridgehead atoms. The highest BCUT2D eigenvalue weighted by Gasteiger charge is 2.30. The van der Waals surface area contributed by atoms with Gasteiger partial charge in [-0.05, 0) is 17.7 Å². The number of halogens is 1. The second-order valence-electron chi connectivity index (χ2n) is 4.99. The van der Waals surface area contributed by atoms with Gasteiger partial charge in [0.25, 0.3) is 5.56 Å². The molecule has 0 saturated carbocycles. The quantitative estimate of drug-likeness (QED) is 0.509. The van der Waals surface area contributed by atoms with Gasteiger partial charge in [0, 0.05) is 17.4 Å². The molecule has 1 atom stereocenters. The molecule has 0 radical (unpaired) electrons. The molecule has 0 aliphatic carbocycles. The van der Waals surface area contributed by atoms with Crippen molar-refractivity contribution in [3.05, 3.63) is 50.8 Å². The molecule has 5 nitrogen and oxygen atoms in total. The van der Waals surface area contributed by atoms with Crippen molar-refractivity contribution in [1.29, 1.82) is 0 Å². The fourth-order valence-corrected chi connectivity index (χ4v) is 3.28. The van der Waals surface area contributed by atoms with Gasteiger partial charge in [-0.1, -0.05) is 41.4 Å². The van der Waals surface area contributed by atoms with Crippen LogP contribution in [0.15, 0.2) is 34.2 Å². The third-order valence-corrected chi connectivity index (χ3v) is 4.49. The Kier molecular flexibility index (Phi) is 4.42. The summed E-state index contributed by atoms with van der Waals surface area (Å²) < 4.78 is 0. The first kappa shape index (κ1) is 15.7. The lowest BCUT2D eigenvalue weighted by molar-refractivity contribution is -0.116. The Morgan fingerprint density at radius 2 is 2.26 bits per heavy atom. The van der Waals surface area contributed by atoms with Gasteiger partial charge in [-0.25, -0.2) is 4.98 Å². The number of fused-ring (bicyclic) bond motifs is 1. The van der Waals surface area contributed by atoms with Crippen molar-refractivity contribution in [2.75, 3.05) is 11.1 Å². The van der Waals surface area contributed by atoms with Crippen LogP contribution < -0.4 is 10.9 Å². The number of carbonyl (C=O) groups is 1. The topological polar surface area (TPSA) is 74.8 Å². The van der Waals surface area contributed by atoms with Crippen molar-refractivity contribution in [1.82, 2.24) is 9.97 Å². The monoisotopic (exact) mass is 345 g/mol. The number of nitrogens with one attached hydrogen (secondary N) is 2. The van der Waals surface area contributed by atoms with Gasteiger partial charge < -0.3 is 10.3 Å². The van der Waals surface area contributed by atoms with Gasteiger partial charge >= 0.3 is 0 Å². The molecule has 1 aromatic carbocycles. The van der Waals surface area contributed by atoms with Crippen LogP contribution in [0, 0.1) is 12.3 Å². The highest BCUT2D eigenvalue weighted by atomic mass is 35.5. The van der Waals surface area contributed by atoms with E-state index in [0.29, 0.717) is 21.5 Å². The Morgan fingerprint density at radius 3 is 3.00 bits per heavy atom. The number of thioether (sulfide) groups is 1. The maximum absolute atomic E-state index is 12.5. The molecular formula is C16H12ClN3O2S. The van der Waals surface area contributed by atoms with Crippen molar-refractivity contribution >= 4 is 35.1 Å². The normalized spacial score (nSPS) is 16.3. The number of amides is 1. The molecule has 7 heteroatoms. The maximum atomic E-state index is 12.5. The van der Waals surface area contributed by atoms with Crippen LogP contribution in [0.25, 0.3) is 0 Å². The molecule has 23 heavy (non-hydrogen) atoms. The lowest BCUT2D eigenvalue weighted by atomic mass is 9.87. The summed E-state index contributed by atoms with van der Waals surface area (Å²) in [6, 6.07) is 7.15. The van der Waals surface area contributed by atoms with Gasteiger partial charge in [0.05, 0.1) is 11.3 Å². The number of anilines is 1. The minimum absolute atomic E-state index is 0.176. The van der Waals surface area contributed by atoms with E-state index in [1.165, 1.54) is 11.8 Å². The van der Waals surface area contributed by atoms with Crippen molar-refractivity contribution < 1.29 is 4.79 Å². The number of hydrogen-bond acceptors (Lipinski definition) is 4. The second-order valence-corrected chi connectivity index (χ2v) is 6.39. The average Bonchev–Trinajstić information content (AvgIpc) is 2.51. The summed E-state index contributed by atoms with van der Waals surface area (Å²) in [5.41, 5.74) is 0.973.